The summed E-state index contributed by atoms with van der Waals surface area (Å²) in [4.78, 5) is 34.4. The van der Waals surface area contributed by atoms with Crippen molar-refractivity contribution in [2.45, 2.75) is 39.0 Å². The molecule has 0 saturated heterocycles. The number of hydrogen-bond donors (Lipinski definition) is 2. The number of halogens is 2. The number of aromatic nitrogens is 2. The summed E-state index contributed by atoms with van der Waals surface area (Å²) in [5.74, 6) is -2.11. The first-order valence-electron chi connectivity index (χ1n) is 12.1. The molecule has 2 aromatic carbocycles. The third-order valence-corrected chi connectivity index (χ3v) is 5.68. The molecule has 2 N–H and O–H groups in total. The molecular weight excluding hydrogens is 510 g/mol. The van der Waals surface area contributed by atoms with Gasteiger partial charge in [-0.15, -0.1) is 0 Å². The monoisotopic (exact) mass is 538 g/mol. The molecule has 0 aliphatic heterocycles. The maximum atomic E-state index is 14.2. The SMILES string of the molecule is COC(=O)N[C@@H](COC(C)(C)C)c1oc(-c2cccc3ncccc23)nc1C(=O)NCc1ccc(F)cc1F. The number of ether oxygens (including phenoxy) is 2. The summed E-state index contributed by atoms with van der Waals surface area (Å²) in [7, 11) is 1.21. The Hall–Kier alpha value is -4.38. The molecule has 204 valence electrons. The summed E-state index contributed by atoms with van der Waals surface area (Å²) in [6, 6.07) is 11.1. The predicted molar refractivity (Wildman–Crippen MR) is 139 cm³/mol. The third-order valence-electron chi connectivity index (χ3n) is 5.68. The number of carbonyl (C=O) groups excluding carboxylic acids is 2. The highest BCUT2D eigenvalue weighted by molar-refractivity contribution is 5.96. The van der Waals surface area contributed by atoms with Gasteiger partial charge in [-0.05, 0) is 45.0 Å². The van der Waals surface area contributed by atoms with Crippen molar-refractivity contribution in [2.24, 2.45) is 0 Å². The second kappa shape index (κ2) is 11.6. The van der Waals surface area contributed by atoms with Gasteiger partial charge >= 0.3 is 6.09 Å². The van der Waals surface area contributed by atoms with Crippen molar-refractivity contribution in [1.82, 2.24) is 20.6 Å². The van der Waals surface area contributed by atoms with Crippen LogP contribution >= 0.6 is 0 Å². The summed E-state index contributed by atoms with van der Waals surface area (Å²) < 4.78 is 44.2. The van der Waals surface area contributed by atoms with Gasteiger partial charge in [0.1, 0.15) is 17.7 Å². The first-order chi connectivity index (χ1) is 18.6. The average molecular weight is 539 g/mol. The Balaban J connectivity index is 1.76. The van der Waals surface area contributed by atoms with Crippen LogP contribution in [0, 0.1) is 11.6 Å². The van der Waals surface area contributed by atoms with E-state index in [9.17, 15) is 18.4 Å². The van der Waals surface area contributed by atoms with Gasteiger partial charge in [-0.25, -0.2) is 18.6 Å². The van der Waals surface area contributed by atoms with Gasteiger partial charge in [-0.2, -0.15) is 0 Å². The molecule has 0 radical (unpaired) electrons. The largest absolute Gasteiger partial charge is 0.453 e. The van der Waals surface area contributed by atoms with Gasteiger partial charge in [0.25, 0.3) is 5.91 Å². The molecule has 0 aliphatic carbocycles. The highest BCUT2D eigenvalue weighted by Gasteiger charge is 2.31. The van der Waals surface area contributed by atoms with Gasteiger partial charge in [0, 0.05) is 35.3 Å². The molecule has 0 unspecified atom stereocenters. The van der Waals surface area contributed by atoms with Crippen LogP contribution in [0.25, 0.3) is 22.4 Å². The van der Waals surface area contributed by atoms with Crippen LogP contribution in [0.5, 0.6) is 0 Å². The second-order valence-corrected chi connectivity index (χ2v) is 9.64. The van der Waals surface area contributed by atoms with E-state index in [-0.39, 0.29) is 36.1 Å². The average Bonchev–Trinajstić information content (AvgIpc) is 3.34. The lowest BCUT2D eigenvalue weighted by molar-refractivity contribution is -0.0170. The molecule has 0 bridgehead atoms. The van der Waals surface area contributed by atoms with E-state index >= 15 is 0 Å². The molecule has 2 amide bonds. The minimum absolute atomic E-state index is 0.0117. The van der Waals surface area contributed by atoms with E-state index in [0.717, 1.165) is 17.5 Å². The lowest BCUT2D eigenvalue weighted by Crippen LogP contribution is -2.35. The number of nitrogens with zero attached hydrogens (tertiary/aromatic N) is 2. The molecule has 0 saturated carbocycles. The van der Waals surface area contributed by atoms with Crippen LogP contribution in [0.15, 0.2) is 59.1 Å². The highest BCUT2D eigenvalue weighted by atomic mass is 19.1. The molecule has 11 heteroatoms. The van der Waals surface area contributed by atoms with Gasteiger partial charge in [-0.1, -0.05) is 18.2 Å². The van der Waals surface area contributed by atoms with Gasteiger partial charge in [-0.3, -0.25) is 9.78 Å². The minimum Gasteiger partial charge on any atom is -0.453 e. The van der Waals surface area contributed by atoms with Crippen LogP contribution in [0.3, 0.4) is 0 Å². The van der Waals surface area contributed by atoms with Crippen LogP contribution < -0.4 is 10.6 Å². The van der Waals surface area contributed by atoms with Crippen molar-refractivity contribution in [1.29, 1.82) is 0 Å². The van der Waals surface area contributed by atoms with Crippen molar-refractivity contribution in [3.05, 3.63) is 83.4 Å². The smallest absolute Gasteiger partial charge is 0.407 e. The van der Waals surface area contributed by atoms with Gasteiger partial charge in [0.2, 0.25) is 5.89 Å². The Kier molecular flexibility index (Phi) is 8.20. The van der Waals surface area contributed by atoms with Crippen molar-refractivity contribution >= 4 is 22.9 Å². The Labute approximate surface area is 223 Å². The number of pyridine rings is 1. The Bertz CT molecular complexity index is 1490. The van der Waals surface area contributed by atoms with Crippen LogP contribution in [0.4, 0.5) is 13.6 Å². The van der Waals surface area contributed by atoms with Crippen LogP contribution in [0.2, 0.25) is 0 Å². The molecule has 4 rings (SSSR count). The second-order valence-electron chi connectivity index (χ2n) is 9.64. The van der Waals surface area contributed by atoms with Gasteiger partial charge < -0.3 is 24.5 Å². The zero-order chi connectivity index (χ0) is 28.2. The number of amides is 2. The molecule has 1 atom stereocenters. The molecule has 0 spiro atoms. The molecule has 9 nitrogen and oxygen atoms in total. The number of oxazole rings is 1. The van der Waals surface area contributed by atoms with Crippen LogP contribution in [-0.2, 0) is 16.0 Å². The highest BCUT2D eigenvalue weighted by Crippen LogP contribution is 2.32. The number of benzene rings is 2. The molecule has 2 heterocycles. The van der Waals surface area contributed by atoms with E-state index in [2.05, 4.69) is 20.6 Å². The number of carbonyl (C=O) groups is 2. The molecule has 0 fully saturated rings. The fourth-order valence-electron chi connectivity index (χ4n) is 3.78. The van der Waals surface area contributed by atoms with Crippen molar-refractivity contribution in [3.8, 4) is 11.5 Å². The standard InChI is InChI=1S/C28H28F2N4O5/c1-28(2,3)38-15-22(33-27(36)37-4)24-23(25(35)32-14-16-10-11-17(29)13-20(16)30)34-26(39-24)19-7-5-9-21-18(19)8-6-12-31-21/h5-13,22H,14-15H2,1-4H3,(H,32,35)(H,33,36)/t22-/m0/s1. The first kappa shape index (κ1) is 27.6. The van der Waals surface area contributed by atoms with E-state index in [4.69, 9.17) is 13.9 Å². The fourth-order valence-corrected chi connectivity index (χ4v) is 3.78. The molecule has 39 heavy (non-hydrogen) atoms. The number of rotatable bonds is 8. The number of nitrogens with one attached hydrogen (secondary N) is 2. The van der Waals surface area contributed by atoms with Crippen LogP contribution in [0.1, 0.15) is 48.6 Å². The zero-order valence-corrected chi connectivity index (χ0v) is 21.9. The van der Waals surface area contributed by atoms with E-state index in [1.54, 1.807) is 24.4 Å². The van der Waals surface area contributed by atoms with Crippen LogP contribution in [-0.4, -0.2) is 41.3 Å². The Morgan fingerprint density at radius 2 is 1.90 bits per heavy atom. The summed E-state index contributed by atoms with van der Waals surface area (Å²) in [5.41, 5.74) is 0.609. The predicted octanol–water partition coefficient (Wildman–Crippen LogP) is 5.31. The van der Waals surface area contributed by atoms with Crippen molar-refractivity contribution < 1.29 is 32.3 Å². The quantitative estimate of drug-likeness (QED) is 0.312. The first-order valence-corrected chi connectivity index (χ1v) is 12.1. The maximum absolute atomic E-state index is 14.2. The lowest BCUT2D eigenvalue weighted by atomic mass is 10.1. The van der Waals surface area contributed by atoms with E-state index in [1.165, 1.54) is 13.2 Å². The molecule has 4 aromatic rings. The summed E-state index contributed by atoms with van der Waals surface area (Å²) in [5, 5.41) is 5.95. The van der Waals surface area contributed by atoms with Crippen molar-refractivity contribution in [2.75, 3.05) is 13.7 Å². The Morgan fingerprint density at radius 3 is 2.62 bits per heavy atom. The van der Waals surface area contributed by atoms with E-state index in [0.29, 0.717) is 11.1 Å². The number of fused-ring (bicyclic) bond motifs is 1. The fraction of sp³-hybridized carbons (Fsp3) is 0.286. The Morgan fingerprint density at radius 1 is 1.10 bits per heavy atom. The topological polar surface area (TPSA) is 116 Å². The summed E-state index contributed by atoms with van der Waals surface area (Å²) in [6.45, 7) is 5.20. The minimum atomic E-state index is -0.964. The molecule has 0 aliphatic rings. The number of methoxy groups -OCH3 is 1. The lowest BCUT2D eigenvalue weighted by Gasteiger charge is -2.24. The zero-order valence-electron chi connectivity index (χ0n) is 21.9. The van der Waals surface area contributed by atoms with E-state index in [1.807, 2.05) is 32.9 Å². The van der Waals surface area contributed by atoms with E-state index < -0.39 is 35.3 Å². The normalized spacial score (nSPS) is 12.3. The maximum Gasteiger partial charge on any atom is 0.407 e. The van der Waals surface area contributed by atoms with Crippen molar-refractivity contribution in [3.63, 3.8) is 0 Å². The van der Waals surface area contributed by atoms with Gasteiger partial charge in [0.05, 0.1) is 24.8 Å². The number of alkyl carbamates (subject to hydrolysis) is 1. The van der Waals surface area contributed by atoms with Gasteiger partial charge in [0.15, 0.2) is 11.5 Å². The number of hydrogen-bond acceptors (Lipinski definition) is 7. The summed E-state index contributed by atoms with van der Waals surface area (Å²) >= 11 is 0. The molecular formula is C28H28F2N4O5. The summed E-state index contributed by atoms with van der Waals surface area (Å²) in [6.07, 6.45) is 0.880. The third kappa shape index (κ3) is 6.74. The molecule has 2 aromatic heterocycles.